The molecule has 0 heterocycles. The second-order valence-electron chi connectivity index (χ2n) is 5.46. The van der Waals surface area contributed by atoms with Crippen LogP contribution in [0.4, 0.5) is 0 Å². The predicted molar refractivity (Wildman–Crippen MR) is 96.6 cm³/mol. The minimum absolute atomic E-state index is 0.589. The molecule has 3 aromatic rings. The molecule has 0 aliphatic carbocycles. The highest BCUT2D eigenvalue weighted by Crippen LogP contribution is 2.36. The van der Waals surface area contributed by atoms with Crippen LogP contribution in [0.1, 0.15) is 17.2 Å². The van der Waals surface area contributed by atoms with E-state index in [1.807, 2.05) is 72.8 Å². The van der Waals surface area contributed by atoms with E-state index in [0.29, 0.717) is 28.4 Å². The zero-order chi connectivity index (χ0) is 17.6. The van der Waals surface area contributed by atoms with E-state index in [9.17, 15) is 5.11 Å². The summed E-state index contributed by atoms with van der Waals surface area (Å²) in [5.41, 5.74) is 1.36. The Bertz CT molecular complexity index is 827. The third kappa shape index (κ3) is 3.75. The molecule has 0 fully saturated rings. The van der Waals surface area contributed by atoms with Crippen molar-refractivity contribution in [1.29, 1.82) is 0 Å². The van der Waals surface area contributed by atoms with Gasteiger partial charge in [-0.3, -0.25) is 0 Å². The van der Waals surface area contributed by atoms with Crippen LogP contribution in [0, 0.1) is 0 Å². The number of aliphatic hydroxyl groups excluding tert-OH is 1. The minimum Gasteiger partial charge on any atom is -0.497 e. The van der Waals surface area contributed by atoms with Gasteiger partial charge in [0, 0.05) is 11.1 Å². The molecular formula is C21H20O4. The smallest absolute Gasteiger partial charge is 0.133 e. The molecule has 0 spiro atoms. The molecule has 0 bridgehead atoms. The molecule has 128 valence electrons. The number of ether oxygens (including phenoxy) is 3. The highest BCUT2D eigenvalue weighted by Gasteiger charge is 2.19. The second-order valence-corrected chi connectivity index (χ2v) is 5.46. The Balaban J connectivity index is 1.92. The summed E-state index contributed by atoms with van der Waals surface area (Å²) < 4.78 is 16.5. The van der Waals surface area contributed by atoms with Crippen molar-refractivity contribution in [2.45, 2.75) is 6.10 Å². The van der Waals surface area contributed by atoms with E-state index in [4.69, 9.17) is 14.2 Å². The van der Waals surface area contributed by atoms with E-state index in [1.54, 1.807) is 14.2 Å². The first kappa shape index (κ1) is 16.9. The molecule has 25 heavy (non-hydrogen) atoms. The number of para-hydroxylation sites is 2. The van der Waals surface area contributed by atoms with Crippen molar-refractivity contribution in [3.63, 3.8) is 0 Å². The lowest BCUT2D eigenvalue weighted by Crippen LogP contribution is -2.04. The SMILES string of the molecule is COc1ccc(Oc2ccccc2C(O)c2ccccc2OC)cc1. The summed E-state index contributed by atoms with van der Waals surface area (Å²) in [6.07, 6.45) is -0.856. The van der Waals surface area contributed by atoms with Gasteiger partial charge in [0.1, 0.15) is 29.1 Å². The predicted octanol–water partition coefficient (Wildman–Crippen LogP) is 4.58. The van der Waals surface area contributed by atoms with Crippen molar-refractivity contribution in [2.24, 2.45) is 0 Å². The van der Waals surface area contributed by atoms with Gasteiger partial charge in [-0.05, 0) is 36.4 Å². The third-order valence-corrected chi connectivity index (χ3v) is 3.93. The van der Waals surface area contributed by atoms with E-state index < -0.39 is 6.10 Å². The molecule has 0 radical (unpaired) electrons. The number of benzene rings is 3. The van der Waals surface area contributed by atoms with Crippen LogP contribution in [0.2, 0.25) is 0 Å². The lowest BCUT2D eigenvalue weighted by atomic mass is 10.00. The van der Waals surface area contributed by atoms with E-state index in [2.05, 4.69) is 0 Å². The summed E-state index contributed by atoms with van der Waals surface area (Å²) in [4.78, 5) is 0. The lowest BCUT2D eigenvalue weighted by molar-refractivity contribution is 0.211. The number of aliphatic hydroxyl groups is 1. The fourth-order valence-corrected chi connectivity index (χ4v) is 2.63. The van der Waals surface area contributed by atoms with Gasteiger partial charge in [0.2, 0.25) is 0 Å². The summed E-state index contributed by atoms with van der Waals surface area (Å²) in [6.45, 7) is 0. The second kappa shape index (κ2) is 7.73. The molecule has 1 unspecified atom stereocenters. The maximum absolute atomic E-state index is 10.9. The molecule has 0 saturated heterocycles. The minimum atomic E-state index is -0.856. The number of hydrogen-bond acceptors (Lipinski definition) is 4. The molecule has 1 atom stereocenters. The standard InChI is InChI=1S/C21H20O4/c1-23-15-11-13-16(14-12-15)25-20-10-6-4-8-18(20)21(22)17-7-3-5-9-19(17)24-2/h3-14,21-22H,1-2H3. The summed E-state index contributed by atoms with van der Waals surface area (Å²) >= 11 is 0. The van der Waals surface area contributed by atoms with Gasteiger partial charge < -0.3 is 19.3 Å². The van der Waals surface area contributed by atoms with Crippen LogP contribution in [0.25, 0.3) is 0 Å². The molecule has 0 aliphatic heterocycles. The fourth-order valence-electron chi connectivity index (χ4n) is 2.63. The normalized spacial score (nSPS) is 11.6. The van der Waals surface area contributed by atoms with Crippen LogP contribution >= 0.6 is 0 Å². The molecule has 1 N–H and O–H groups in total. The van der Waals surface area contributed by atoms with Gasteiger partial charge in [0.05, 0.1) is 14.2 Å². The Morgan fingerprint density at radius 2 is 1.16 bits per heavy atom. The summed E-state index contributed by atoms with van der Waals surface area (Å²) in [7, 11) is 3.21. The topological polar surface area (TPSA) is 47.9 Å². The van der Waals surface area contributed by atoms with Gasteiger partial charge in [-0.1, -0.05) is 36.4 Å². The van der Waals surface area contributed by atoms with Gasteiger partial charge in [-0.2, -0.15) is 0 Å². The highest BCUT2D eigenvalue weighted by molar-refractivity contribution is 5.47. The Kier molecular flexibility index (Phi) is 5.21. The van der Waals surface area contributed by atoms with Crippen molar-refractivity contribution >= 4 is 0 Å². The molecule has 0 saturated carbocycles. The van der Waals surface area contributed by atoms with Crippen LogP contribution in [0.5, 0.6) is 23.0 Å². The number of hydrogen-bond donors (Lipinski definition) is 1. The Labute approximate surface area is 147 Å². The Morgan fingerprint density at radius 3 is 1.76 bits per heavy atom. The molecule has 0 amide bonds. The molecule has 4 heteroatoms. The third-order valence-electron chi connectivity index (χ3n) is 3.93. The Morgan fingerprint density at radius 1 is 0.640 bits per heavy atom. The molecule has 3 rings (SSSR count). The van der Waals surface area contributed by atoms with E-state index in [1.165, 1.54) is 0 Å². The quantitative estimate of drug-likeness (QED) is 0.716. The fraction of sp³-hybridized carbons (Fsp3) is 0.143. The van der Waals surface area contributed by atoms with E-state index in [0.717, 1.165) is 5.75 Å². The number of rotatable bonds is 6. The van der Waals surface area contributed by atoms with Crippen LogP contribution in [-0.4, -0.2) is 19.3 Å². The van der Waals surface area contributed by atoms with E-state index >= 15 is 0 Å². The summed E-state index contributed by atoms with van der Waals surface area (Å²) in [6, 6.07) is 22.1. The van der Waals surface area contributed by atoms with Crippen molar-refractivity contribution < 1.29 is 19.3 Å². The van der Waals surface area contributed by atoms with Crippen LogP contribution < -0.4 is 14.2 Å². The largest absolute Gasteiger partial charge is 0.497 e. The van der Waals surface area contributed by atoms with Gasteiger partial charge in [-0.15, -0.1) is 0 Å². The molecule has 0 aromatic heterocycles. The van der Waals surface area contributed by atoms with Crippen molar-refractivity contribution in [3.05, 3.63) is 83.9 Å². The lowest BCUT2D eigenvalue weighted by Gasteiger charge is -2.18. The summed E-state index contributed by atoms with van der Waals surface area (Å²) in [5.74, 6) is 2.65. The first-order valence-electron chi connectivity index (χ1n) is 7.94. The maximum atomic E-state index is 10.9. The highest BCUT2D eigenvalue weighted by atomic mass is 16.5. The van der Waals surface area contributed by atoms with Crippen molar-refractivity contribution in [1.82, 2.24) is 0 Å². The summed E-state index contributed by atoms with van der Waals surface area (Å²) in [5, 5.41) is 10.9. The van der Waals surface area contributed by atoms with Crippen LogP contribution in [0.15, 0.2) is 72.8 Å². The molecular weight excluding hydrogens is 316 g/mol. The van der Waals surface area contributed by atoms with Gasteiger partial charge >= 0.3 is 0 Å². The number of methoxy groups -OCH3 is 2. The molecule has 0 aliphatic rings. The average Bonchev–Trinajstić information content (AvgIpc) is 2.68. The molecule has 3 aromatic carbocycles. The van der Waals surface area contributed by atoms with Crippen molar-refractivity contribution in [2.75, 3.05) is 14.2 Å². The van der Waals surface area contributed by atoms with Crippen molar-refractivity contribution in [3.8, 4) is 23.0 Å². The van der Waals surface area contributed by atoms with Gasteiger partial charge in [-0.25, -0.2) is 0 Å². The average molecular weight is 336 g/mol. The monoisotopic (exact) mass is 336 g/mol. The van der Waals surface area contributed by atoms with Gasteiger partial charge in [0.15, 0.2) is 0 Å². The maximum Gasteiger partial charge on any atom is 0.133 e. The van der Waals surface area contributed by atoms with Gasteiger partial charge in [0.25, 0.3) is 0 Å². The molecule has 4 nitrogen and oxygen atoms in total. The van der Waals surface area contributed by atoms with Crippen LogP contribution in [-0.2, 0) is 0 Å². The first-order valence-corrected chi connectivity index (χ1v) is 7.94. The zero-order valence-electron chi connectivity index (χ0n) is 14.2. The van der Waals surface area contributed by atoms with E-state index in [-0.39, 0.29) is 0 Å². The zero-order valence-corrected chi connectivity index (χ0v) is 14.2. The van der Waals surface area contributed by atoms with Crippen LogP contribution in [0.3, 0.4) is 0 Å². The Hall–Kier alpha value is -2.98. The first-order chi connectivity index (χ1) is 12.2.